The minimum Gasteiger partial charge on any atom is -0.454 e. The van der Waals surface area contributed by atoms with Gasteiger partial charge in [0.2, 0.25) is 5.78 Å². The van der Waals surface area contributed by atoms with Gasteiger partial charge in [-0.3, -0.25) is 18.7 Å². The van der Waals surface area contributed by atoms with E-state index in [1.54, 1.807) is 16.8 Å². The number of carbonyl (C=O) groups excluding carboxylic acids is 2. The van der Waals surface area contributed by atoms with Crippen molar-refractivity contribution in [3.63, 3.8) is 0 Å². The molecule has 0 aliphatic heterocycles. The molecule has 0 radical (unpaired) electrons. The highest BCUT2D eigenvalue weighted by molar-refractivity contribution is 6.03. The van der Waals surface area contributed by atoms with Crippen LogP contribution in [-0.2, 0) is 18.8 Å². The lowest BCUT2D eigenvalue weighted by Gasteiger charge is -2.11. The monoisotopic (exact) mass is 459 g/mol. The van der Waals surface area contributed by atoms with Gasteiger partial charge in [-0.2, -0.15) is 5.10 Å². The molecule has 0 fully saturated rings. The number of nitrogen functional groups attached to an aromatic ring is 1. The Hall–Kier alpha value is -4.73. The van der Waals surface area contributed by atoms with Gasteiger partial charge in [-0.15, -0.1) is 0 Å². The van der Waals surface area contributed by atoms with Crippen LogP contribution in [0, 0.1) is 0 Å². The summed E-state index contributed by atoms with van der Waals surface area (Å²) in [5.74, 6) is -1.91. The fraction of sp³-hybridized carbons (Fsp3) is 0.125. The van der Waals surface area contributed by atoms with Crippen LogP contribution in [0.15, 0.2) is 76.4 Å². The molecule has 2 aromatic heterocycles. The molecule has 0 atom stereocenters. The summed E-state index contributed by atoms with van der Waals surface area (Å²) in [6.07, 6.45) is 1.52. The van der Waals surface area contributed by atoms with E-state index in [2.05, 4.69) is 5.10 Å². The first-order chi connectivity index (χ1) is 16.3. The fourth-order valence-electron chi connectivity index (χ4n) is 3.45. The van der Waals surface area contributed by atoms with Crippen LogP contribution in [0.5, 0.6) is 0 Å². The second-order valence-electron chi connectivity index (χ2n) is 7.50. The van der Waals surface area contributed by atoms with E-state index in [9.17, 15) is 19.2 Å². The van der Waals surface area contributed by atoms with Crippen LogP contribution < -0.4 is 17.0 Å². The Morgan fingerprint density at radius 3 is 2.21 bits per heavy atom. The lowest BCUT2D eigenvalue weighted by molar-refractivity contribution is 0.0475. The summed E-state index contributed by atoms with van der Waals surface area (Å²) in [7, 11) is 2.57. The Kier molecular flexibility index (Phi) is 5.96. The zero-order valence-electron chi connectivity index (χ0n) is 18.5. The van der Waals surface area contributed by atoms with Gasteiger partial charge in [-0.1, -0.05) is 48.5 Å². The average Bonchev–Trinajstić information content (AvgIpc) is 3.32. The van der Waals surface area contributed by atoms with Crippen LogP contribution in [-0.4, -0.2) is 37.3 Å². The molecule has 0 aliphatic rings. The SMILES string of the molecule is Cn1c(N)c(C(=O)COC(=O)c2cn(-c3ccccc3)nc2-c2ccccc2)c(=O)n(C)c1=O. The summed E-state index contributed by atoms with van der Waals surface area (Å²) in [6.45, 7) is -0.735. The van der Waals surface area contributed by atoms with Crippen molar-refractivity contribution in [2.75, 3.05) is 12.3 Å². The number of anilines is 1. The van der Waals surface area contributed by atoms with Crippen LogP contribution in [0.2, 0.25) is 0 Å². The molecule has 10 heteroatoms. The van der Waals surface area contributed by atoms with Crippen molar-refractivity contribution in [2.24, 2.45) is 14.1 Å². The van der Waals surface area contributed by atoms with Crippen molar-refractivity contribution in [3.05, 3.63) is 98.8 Å². The Balaban J connectivity index is 1.65. The number of nitrogens with two attached hydrogens (primary N) is 1. The number of ether oxygens (including phenoxy) is 1. The van der Waals surface area contributed by atoms with Crippen LogP contribution >= 0.6 is 0 Å². The second-order valence-corrected chi connectivity index (χ2v) is 7.50. The van der Waals surface area contributed by atoms with E-state index >= 15 is 0 Å². The molecular weight excluding hydrogens is 438 g/mol. The van der Waals surface area contributed by atoms with E-state index in [0.29, 0.717) is 11.3 Å². The summed E-state index contributed by atoms with van der Waals surface area (Å²) >= 11 is 0. The van der Waals surface area contributed by atoms with Gasteiger partial charge in [0.1, 0.15) is 22.6 Å². The molecule has 0 bridgehead atoms. The Morgan fingerprint density at radius 2 is 1.56 bits per heavy atom. The molecule has 4 aromatic rings. The van der Waals surface area contributed by atoms with Crippen molar-refractivity contribution in [2.45, 2.75) is 0 Å². The number of nitrogens with zero attached hydrogens (tertiary/aromatic N) is 4. The minimum absolute atomic E-state index is 0.143. The van der Waals surface area contributed by atoms with Gasteiger partial charge in [-0.05, 0) is 12.1 Å². The van der Waals surface area contributed by atoms with Crippen LogP contribution in [0.3, 0.4) is 0 Å². The Bertz CT molecular complexity index is 1500. The van der Waals surface area contributed by atoms with Crippen molar-refractivity contribution >= 4 is 17.6 Å². The maximum absolute atomic E-state index is 13.0. The van der Waals surface area contributed by atoms with E-state index < -0.39 is 35.2 Å². The molecular formula is C24H21N5O5. The first-order valence-corrected chi connectivity index (χ1v) is 10.3. The molecule has 0 spiro atoms. The molecule has 34 heavy (non-hydrogen) atoms. The lowest BCUT2D eigenvalue weighted by atomic mass is 10.1. The van der Waals surface area contributed by atoms with E-state index in [0.717, 1.165) is 14.8 Å². The maximum Gasteiger partial charge on any atom is 0.342 e. The number of esters is 1. The quantitative estimate of drug-likeness (QED) is 0.342. The molecule has 0 saturated heterocycles. The van der Waals surface area contributed by atoms with Crippen molar-refractivity contribution in [1.29, 1.82) is 0 Å². The summed E-state index contributed by atoms with van der Waals surface area (Å²) in [4.78, 5) is 50.1. The number of para-hydroxylation sites is 1. The number of benzene rings is 2. The van der Waals surface area contributed by atoms with Crippen LogP contribution in [0.4, 0.5) is 5.82 Å². The molecule has 0 unspecified atom stereocenters. The third-order valence-electron chi connectivity index (χ3n) is 5.33. The van der Waals surface area contributed by atoms with Crippen molar-refractivity contribution < 1.29 is 14.3 Å². The largest absolute Gasteiger partial charge is 0.454 e. The highest BCUT2D eigenvalue weighted by Gasteiger charge is 2.24. The standard InChI is InChI=1S/C24H21N5O5/c1-27-21(25)19(22(31)28(2)24(27)33)18(30)14-34-23(32)17-13-29(16-11-7-4-8-12-16)26-20(17)15-9-5-3-6-10-15/h3-13H,14,25H2,1-2H3. The number of hydrogen-bond acceptors (Lipinski definition) is 7. The summed E-state index contributed by atoms with van der Waals surface area (Å²) < 4.78 is 8.53. The van der Waals surface area contributed by atoms with E-state index in [1.165, 1.54) is 20.3 Å². The molecule has 0 aliphatic carbocycles. The molecule has 2 aromatic carbocycles. The predicted molar refractivity (Wildman–Crippen MR) is 125 cm³/mol. The second kappa shape index (κ2) is 9.02. The minimum atomic E-state index is -0.858. The van der Waals surface area contributed by atoms with Gasteiger partial charge in [0.25, 0.3) is 5.56 Å². The Morgan fingerprint density at radius 1 is 0.941 bits per heavy atom. The molecule has 0 saturated carbocycles. The zero-order valence-corrected chi connectivity index (χ0v) is 18.5. The lowest BCUT2D eigenvalue weighted by Crippen LogP contribution is -2.42. The predicted octanol–water partition coefficient (Wildman–Crippen LogP) is 1.56. The van der Waals surface area contributed by atoms with Gasteiger partial charge in [0, 0.05) is 25.9 Å². The topological polar surface area (TPSA) is 131 Å². The summed E-state index contributed by atoms with van der Waals surface area (Å²) in [6, 6.07) is 18.3. The number of ketones is 1. The molecule has 172 valence electrons. The van der Waals surface area contributed by atoms with Gasteiger partial charge in [0.05, 0.1) is 5.69 Å². The smallest absolute Gasteiger partial charge is 0.342 e. The number of aromatic nitrogens is 4. The summed E-state index contributed by atoms with van der Waals surface area (Å²) in [5, 5.41) is 4.54. The third-order valence-corrected chi connectivity index (χ3v) is 5.33. The molecule has 0 amide bonds. The van der Waals surface area contributed by atoms with Gasteiger partial charge in [0.15, 0.2) is 6.61 Å². The number of hydrogen-bond donors (Lipinski definition) is 1. The molecule has 4 rings (SSSR count). The summed E-state index contributed by atoms with van der Waals surface area (Å²) in [5.41, 5.74) is 5.81. The van der Waals surface area contributed by atoms with Crippen LogP contribution in [0.25, 0.3) is 16.9 Å². The molecule has 2 heterocycles. The maximum atomic E-state index is 13.0. The van der Waals surface area contributed by atoms with Crippen LogP contribution in [0.1, 0.15) is 20.7 Å². The van der Waals surface area contributed by atoms with Crippen molar-refractivity contribution in [3.8, 4) is 16.9 Å². The third kappa shape index (κ3) is 4.04. The number of Topliss-reactive ketones (excluding diaryl/α,β-unsaturated/α-hetero) is 1. The first-order valence-electron chi connectivity index (χ1n) is 10.3. The van der Waals surface area contributed by atoms with Gasteiger partial charge >= 0.3 is 11.7 Å². The Labute approximate surface area is 193 Å². The highest BCUT2D eigenvalue weighted by atomic mass is 16.5. The molecule has 2 N–H and O–H groups in total. The average molecular weight is 459 g/mol. The van der Waals surface area contributed by atoms with Gasteiger partial charge in [-0.25, -0.2) is 14.3 Å². The number of rotatable bonds is 6. The molecule has 10 nitrogen and oxygen atoms in total. The fourth-order valence-corrected chi connectivity index (χ4v) is 3.45. The zero-order chi connectivity index (χ0) is 24.4. The van der Waals surface area contributed by atoms with E-state index in [1.807, 2.05) is 48.5 Å². The highest BCUT2D eigenvalue weighted by Crippen LogP contribution is 2.24. The van der Waals surface area contributed by atoms with E-state index in [4.69, 9.17) is 10.5 Å². The first kappa shape index (κ1) is 22.5. The van der Waals surface area contributed by atoms with Gasteiger partial charge < -0.3 is 10.5 Å². The number of carbonyl (C=O) groups is 2. The van der Waals surface area contributed by atoms with E-state index in [-0.39, 0.29) is 11.4 Å². The normalized spacial score (nSPS) is 10.8. The van der Waals surface area contributed by atoms with Crippen molar-refractivity contribution in [1.82, 2.24) is 18.9 Å².